The van der Waals surface area contributed by atoms with Gasteiger partial charge in [-0.15, -0.1) is 13.2 Å². The molecule has 2 aliphatic rings. The maximum atomic E-state index is 14.7. The van der Waals surface area contributed by atoms with Gasteiger partial charge in [0, 0.05) is 18.9 Å². The van der Waals surface area contributed by atoms with Crippen LogP contribution in [0, 0.1) is 5.92 Å². The molecule has 2 fully saturated rings. The molecule has 2 aromatic rings. The smallest absolute Gasteiger partial charge is 0.408 e. The summed E-state index contributed by atoms with van der Waals surface area (Å²) in [5, 5.41) is 15.5. The highest BCUT2D eigenvalue weighted by Gasteiger charge is 2.63. The number of ether oxygens (including phenoxy) is 1. The average Bonchev–Trinajstić information content (AvgIpc) is 3.65. The first-order valence-corrected chi connectivity index (χ1v) is 19.7. The van der Waals surface area contributed by atoms with Crippen LogP contribution in [0.1, 0.15) is 84.6 Å². The minimum Gasteiger partial charge on any atom is -0.479 e. The number of unbranched alkanes of at least 4 members (excludes halogenated alkanes) is 3. The van der Waals surface area contributed by atoms with E-state index in [1.807, 2.05) is 42.5 Å². The molecule has 11 nitrogen and oxygen atoms in total. The molecular weight excluding hydrogens is 683 g/mol. The molecule has 12 heteroatoms. The fraction of sp³-hybridized carbons (Fsp3) is 0.500. The van der Waals surface area contributed by atoms with E-state index < -0.39 is 67.6 Å². The number of alkyl carbamates (subject to hydrolysis) is 1. The molecular formula is C40H53N3O8S. The van der Waals surface area contributed by atoms with E-state index in [9.17, 15) is 32.7 Å². The monoisotopic (exact) mass is 735 g/mol. The number of hydrogen-bond acceptors (Lipinski definition) is 7. The average molecular weight is 736 g/mol. The maximum absolute atomic E-state index is 14.7. The quantitative estimate of drug-likeness (QED) is 0.129. The number of allylic oxidation sites excluding steroid dienone is 1. The van der Waals surface area contributed by atoms with Crippen molar-refractivity contribution in [2.75, 3.05) is 12.3 Å². The summed E-state index contributed by atoms with van der Waals surface area (Å²) in [6.07, 6.45) is 5.66. The SMILES string of the molecule is C=CCCCCC[C@H](NC(=O)OC(C)(C)C)C(=O)N1C[C@@](c2ccc(-c3ccccc3)cc2)(S(=O)(=O)CCC)C[C@H]1C(=O)NC1(C(=O)O)CC1C=C. The largest absolute Gasteiger partial charge is 0.479 e. The minimum atomic E-state index is -4.02. The number of sulfone groups is 1. The molecule has 2 aromatic carbocycles. The van der Waals surface area contributed by atoms with Crippen LogP contribution < -0.4 is 10.6 Å². The van der Waals surface area contributed by atoms with Crippen molar-refractivity contribution >= 4 is 33.7 Å². The van der Waals surface area contributed by atoms with Crippen LogP contribution in [0.5, 0.6) is 0 Å². The number of carbonyl (C=O) groups is 4. The van der Waals surface area contributed by atoms with Crippen LogP contribution in [0.15, 0.2) is 79.9 Å². The predicted molar refractivity (Wildman–Crippen MR) is 201 cm³/mol. The molecule has 0 aromatic heterocycles. The van der Waals surface area contributed by atoms with E-state index in [4.69, 9.17) is 4.74 Å². The second kappa shape index (κ2) is 16.5. The lowest BCUT2D eigenvalue weighted by atomic mass is 9.93. The summed E-state index contributed by atoms with van der Waals surface area (Å²) in [6, 6.07) is 14.2. The van der Waals surface area contributed by atoms with Gasteiger partial charge in [-0.05, 0) is 69.6 Å². The van der Waals surface area contributed by atoms with E-state index in [-0.39, 0.29) is 31.6 Å². The van der Waals surface area contributed by atoms with Crippen LogP contribution >= 0.6 is 0 Å². The summed E-state index contributed by atoms with van der Waals surface area (Å²) in [6.45, 7) is 13.9. The molecule has 0 radical (unpaired) electrons. The number of aliphatic carboxylic acids is 1. The van der Waals surface area contributed by atoms with E-state index in [1.165, 1.54) is 11.0 Å². The van der Waals surface area contributed by atoms with Gasteiger partial charge in [-0.25, -0.2) is 18.0 Å². The molecule has 4 rings (SSSR count). The van der Waals surface area contributed by atoms with Crippen LogP contribution in [0.4, 0.5) is 4.79 Å². The van der Waals surface area contributed by atoms with Gasteiger partial charge in [0.05, 0.1) is 5.75 Å². The van der Waals surface area contributed by atoms with Gasteiger partial charge >= 0.3 is 12.1 Å². The van der Waals surface area contributed by atoms with Gasteiger partial charge in [-0.2, -0.15) is 0 Å². The highest BCUT2D eigenvalue weighted by Crippen LogP contribution is 2.47. The number of nitrogens with one attached hydrogen (secondary N) is 2. The third-order valence-corrected chi connectivity index (χ3v) is 12.6. The summed E-state index contributed by atoms with van der Waals surface area (Å²) in [7, 11) is -4.02. The minimum absolute atomic E-state index is 0.117. The summed E-state index contributed by atoms with van der Waals surface area (Å²) >= 11 is 0. The van der Waals surface area contributed by atoms with Crippen LogP contribution in [0.3, 0.4) is 0 Å². The number of carbonyl (C=O) groups excluding carboxylic acids is 3. The molecule has 1 aliphatic carbocycles. The Morgan fingerprint density at radius 2 is 1.65 bits per heavy atom. The van der Waals surface area contributed by atoms with E-state index in [2.05, 4.69) is 23.8 Å². The zero-order valence-corrected chi connectivity index (χ0v) is 31.5. The Balaban J connectivity index is 1.80. The number of hydrogen-bond donors (Lipinski definition) is 3. The standard InChI is InChI=1S/C40H53N3O8S/c1-7-10-11-12-16-19-32(41-37(48)51-38(4,5)6)35(45)43-27-39(52(49,50)24-8-2,31-22-20-29(21-23-31)28-17-14-13-15-18-28)26-33(43)34(44)42-40(36(46)47)25-30(40)9-3/h7,9,13-15,17-18,20-23,30,32-33H,1,3,8,10-12,16,19,24-27H2,2,4-6H3,(H,41,48)(H,42,44)(H,46,47)/t30?,32-,33-,39-,40?/m0/s1. The van der Waals surface area contributed by atoms with Gasteiger partial charge in [0.1, 0.15) is 28.0 Å². The first kappa shape index (κ1) is 40.3. The van der Waals surface area contributed by atoms with Gasteiger partial charge < -0.3 is 25.4 Å². The van der Waals surface area contributed by atoms with Crippen LogP contribution in [-0.4, -0.2) is 77.8 Å². The molecule has 52 heavy (non-hydrogen) atoms. The maximum Gasteiger partial charge on any atom is 0.408 e. The lowest BCUT2D eigenvalue weighted by Crippen LogP contribution is -2.56. The van der Waals surface area contributed by atoms with E-state index in [0.29, 0.717) is 18.4 Å². The van der Waals surface area contributed by atoms with Crippen molar-refractivity contribution in [1.29, 1.82) is 0 Å². The highest BCUT2D eigenvalue weighted by atomic mass is 32.2. The molecule has 2 unspecified atom stereocenters. The Labute approximate surface area is 307 Å². The summed E-state index contributed by atoms with van der Waals surface area (Å²) in [4.78, 5) is 55.6. The van der Waals surface area contributed by atoms with E-state index in [1.54, 1.807) is 45.9 Å². The lowest BCUT2D eigenvalue weighted by Gasteiger charge is -2.32. The predicted octanol–water partition coefficient (Wildman–Crippen LogP) is 6.15. The van der Waals surface area contributed by atoms with Crippen LogP contribution in [0.2, 0.25) is 0 Å². The molecule has 1 heterocycles. The number of carboxylic acids is 1. The molecule has 282 valence electrons. The number of benzene rings is 2. The van der Waals surface area contributed by atoms with Gasteiger partial charge in [-0.1, -0.05) is 86.5 Å². The second-order valence-electron chi connectivity index (χ2n) is 14.9. The van der Waals surface area contributed by atoms with Crippen molar-refractivity contribution in [3.63, 3.8) is 0 Å². The van der Waals surface area contributed by atoms with Gasteiger partial charge in [0.25, 0.3) is 0 Å². The van der Waals surface area contributed by atoms with Crippen molar-refractivity contribution < 1.29 is 37.4 Å². The number of rotatable bonds is 17. The highest BCUT2D eigenvalue weighted by molar-refractivity contribution is 7.92. The molecule has 0 bridgehead atoms. The van der Waals surface area contributed by atoms with Gasteiger partial charge in [-0.3, -0.25) is 9.59 Å². The van der Waals surface area contributed by atoms with E-state index in [0.717, 1.165) is 30.4 Å². The van der Waals surface area contributed by atoms with Crippen LogP contribution in [0.25, 0.3) is 11.1 Å². The number of amides is 3. The Morgan fingerprint density at radius 1 is 1.00 bits per heavy atom. The van der Waals surface area contributed by atoms with Crippen molar-refractivity contribution in [3.05, 3.63) is 85.5 Å². The molecule has 1 saturated carbocycles. The zero-order chi connectivity index (χ0) is 38.3. The van der Waals surface area contributed by atoms with Gasteiger partial charge in [0.2, 0.25) is 11.8 Å². The number of likely N-dealkylation sites (tertiary alicyclic amines) is 1. The summed E-state index contributed by atoms with van der Waals surface area (Å²) < 4.78 is 32.7. The Bertz CT molecular complexity index is 1740. The van der Waals surface area contributed by atoms with Crippen LogP contribution in [-0.2, 0) is 33.7 Å². The van der Waals surface area contributed by atoms with Crippen molar-refractivity contribution in [2.24, 2.45) is 5.92 Å². The third kappa shape index (κ3) is 8.94. The fourth-order valence-electron chi connectivity index (χ4n) is 7.05. The zero-order valence-electron chi connectivity index (χ0n) is 30.7. The summed E-state index contributed by atoms with van der Waals surface area (Å²) in [5.41, 5.74) is -0.261. The molecule has 1 aliphatic heterocycles. The molecule has 0 spiro atoms. The lowest BCUT2D eigenvalue weighted by molar-refractivity contribution is -0.145. The fourth-order valence-corrected chi connectivity index (χ4v) is 9.22. The van der Waals surface area contributed by atoms with Crippen molar-refractivity contribution in [1.82, 2.24) is 15.5 Å². The normalized spacial score (nSPS) is 23.3. The molecule has 5 atom stereocenters. The van der Waals surface area contributed by atoms with Gasteiger partial charge in [0.15, 0.2) is 9.84 Å². The molecule has 3 N–H and O–H groups in total. The topological polar surface area (TPSA) is 159 Å². The Hall–Kier alpha value is -4.45. The second-order valence-corrected chi connectivity index (χ2v) is 17.3. The Morgan fingerprint density at radius 3 is 2.21 bits per heavy atom. The number of nitrogens with zero attached hydrogens (tertiary/aromatic N) is 1. The van der Waals surface area contributed by atoms with Crippen molar-refractivity contribution in [2.45, 2.75) is 107 Å². The van der Waals surface area contributed by atoms with Crippen molar-refractivity contribution in [3.8, 4) is 11.1 Å². The Kier molecular flexibility index (Phi) is 12.8. The first-order chi connectivity index (χ1) is 24.5. The third-order valence-electron chi connectivity index (χ3n) is 9.91. The number of carboxylic acid groups (broad SMARTS) is 1. The van der Waals surface area contributed by atoms with E-state index >= 15 is 0 Å². The summed E-state index contributed by atoms with van der Waals surface area (Å²) in [5.74, 6) is -3.41. The first-order valence-electron chi connectivity index (χ1n) is 18.0. The molecule has 1 saturated heterocycles. The molecule has 3 amide bonds.